The van der Waals surface area contributed by atoms with E-state index >= 15 is 0 Å². The Labute approximate surface area is 191 Å². The van der Waals surface area contributed by atoms with Crippen LogP contribution in [0.15, 0.2) is 66.7 Å². The van der Waals surface area contributed by atoms with Gasteiger partial charge in [0.2, 0.25) is 11.8 Å². The third kappa shape index (κ3) is 5.97. The predicted molar refractivity (Wildman–Crippen MR) is 131 cm³/mol. The van der Waals surface area contributed by atoms with Gasteiger partial charge in [-0.3, -0.25) is 9.59 Å². The van der Waals surface area contributed by atoms with E-state index in [1.54, 1.807) is 4.90 Å². The highest BCUT2D eigenvalue weighted by molar-refractivity contribution is 5.89. The number of fused-ring (bicyclic) bond motifs is 1. The Morgan fingerprint density at radius 2 is 1.72 bits per heavy atom. The van der Waals surface area contributed by atoms with Crippen molar-refractivity contribution in [1.29, 1.82) is 0 Å². The van der Waals surface area contributed by atoms with Crippen LogP contribution in [-0.2, 0) is 22.6 Å². The molecule has 1 atom stereocenters. The smallest absolute Gasteiger partial charge is 0.242 e. The molecular formula is C28H34N2O2. The van der Waals surface area contributed by atoms with E-state index in [4.69, 9.17) is 0 Å². The van der Waals surface area contributed by atoms with Crippen LogP contribution < -0.4 is 5.32 Å². The molecule has 0 spiro atoms. The van der Waals surface area contributed by atoms with E-state index in [1.165, 1.54) is 10.8 Å². The average Bonchev–Trinajstić information content (AvgIpc) is 2.81. The Morgan fingerprint density at radius 3 is 2.47 bits per heavy atom. The number of amides is 2. The fourth-order valence-electron chi connectivity index (χ4n) is 4.19. The molecule has 4 heteroatoms. The van der Waals surface area contributed by atoms with Gasteiger partial charge in [0.1, 0.15) is 6.04 Å². The molecule has 0 unspecified atom stereocenters. The summed E-state index contributed by atoms with van der Waals surface area (Å²) in [6, 6.07) is 22.2. The molecule has 0 aliphatic carbocycles. The second-order valence-corrected chi connectivity index (χ2v) is 8.36. The van der Waals surface area contributed by atoms with Crippen molar-refractivity contribution < 1.29 is 9.59 Å². The topological polar surface area (TPSA) is 49.4 Å². The van der Waals surface area contributed by atoms with E-state index in [2.05, 4.69) is 35.6 Å². The minimum Gasteiger partial charge on any atom is -0.354 e. The zero-order valence-electron chi connectivity index (χ0n) is 19.4. The fraction of sp³-hybridized carbons (Fsp3) is 0.357. The number of carbonyl (C=O) groups is 2. The molecule has 0 fully saturated rings. The average molecular weight is 431 g/mol. The first-order chi connectivity index (χ1) is 15.5. The van der Waals surface area contributed by atoms with Crippen molar-refractivity contribution in [3.05, 3.63) is 83.4 Å². The van der Waals surface area contributed by atoms with Gasteiger partial charge in [0.15, 0.2) is 0 Å². The lowest BCUT2D eigenvalue weighted by Crippen LogP contribution is -2.49. The molecule has 0 aliphatic heterocycles. The minimum atomic E-state index is -0.470. The molecule has 0 radical (unpaired) electrons. The first-order valence-electron chi connectivity index (χ1n) is 11.6. The number of nitrogens with zero attached hydrogens (tertiary/aromatic N) is 1. The largest absolute Gasteiger partial charge is 0.354 e. The maximum atomic E-state index is 13.5. The molecule has 0 heterocycles. The Morgan fingerprint density at radius 1 is 0.969 bits per heavy atom. The lowest BCUT2D eigenvalue weighted by Gasteiger charge is -2.31. The van der Waals surface area contributed by atoms with Crippen LogP contribution in [0.5, 0.6) is 0 Å². The van der Waals surface area contributed by atoms with Crippen molar-refractivity contribution in [2.45, 2.75) is 59.0 Å². The number of aryl methyl sites for hydroxylation is 2. The second-order valence-electron chi connectivity index (χ2n) is 8.36. The molecule has 0 saturated heterocycles. The van der Waals surface area contributed by atoms with Crippen molar-refractivity contribution in [2.24, 2.45) is 0 Å². The summed E-state index contributed by atoms with van der Waals surface area (Å²) >= 11 is 0. The van der Waals surface area contributed by atoms with E-state index in [-0.39, 0.29) is 11.8 Å². The van der Waals surface area contributed by atoms with Crippen LogP contribution in [-0.4, -0.2) is 29.3 Å². The molecule has 0 aliphatic rings. The highest BCUT2D eigenvalue weighted by Crippen LogP contribution is 2.21. The summed E-state index contributed by atoms with van der Waals surface area (Å²) < 4.78 is 0. The molecular weight excluding hydrogens is 396 g/mol. The number of hydrogen-bond donors (Lipinski definition) is 1. The van der Waals surface area contributed by atoms with Crippen LogP contribution in [0.4, 0.5) is 0 Å². The Bertz CT molecular complexity index is 1050. The van der Waals surface area contributed by atoms with Gasteiger partial charge < -0.3 is 10.2 Å². The van der Waals surface area contributed by atoms with Crippen LogP contribution >= 0.6 is 0 Å². The minimum absolute atomic E-state index is 0.0120. The summed E-state index contributed by atoms with van der Waals surface area (Å²) in [5.74, 6) is -0.0570. The van der Waals surface area contributed by atoms with Gasteiger partial charge in [-0.25, -0.2) is 0 Å². The fourth-order valence-corrected chi connectivity index (χ4v) is 4.19. The highest BCUT2D eigenvalue weighted by atomic mass is 16.2. The predicted octanol–water partition coefficient (Wildman–Crippen LogP) is 5.41. The molecule has 3 aromatic carbocycles. The molecule has 0 bridgehead atoms. The van der Waals surface area contributed by atoms with Gasteiger partial charge in [0.25, 0.3) is 0 Å². The summed E-state index contributed by atoms with van der Waals surface area (Å²) in [5, 5.41) is 5.34. The van der Waals surface area contributed by atoms with Gasteiger partial charge in [-0.2, -0.15) is 0 Å². The number of rotatable bonds is 10. The number of nitrogens with one attached hydrogen (secondary N) is 1. The maximum absolute atomic E-state index is 13.5. The molecule has 4 nitrogen and oxygen atoms in total. The normalized spacial score (nSPS) is 11.8. The van der Waals surface area contributed by atoms with Crippen LogP contribution in [0, 0.1) is 6.92 Å². The summed E-state index contributed by atoms with van der Waals surface area (Å²) in [5.41, 5.74) is 3.36. The van der Waals surface area contributed by atoms with Crippen LogP contribution in [0.3, 0.4) is 0 Å². The first-order valence-corrected chi connectivity index (χ1v) is 11.6. The van der Waals surface area contributed by atoms with Crippen molar-refractivity contribution in [3.8, 4) is 0 Å². The molecule has 0 saturated carbocycles. The van der Waals surface area contributed by atoms with Gasteiger partial charge in [0, 0.05) is 19.5 Å². The van der Waals surface area contributed by atoms with E-state index in [9.17, 15) is 9.59 Å². The van der Waals surface area contributed by atoms with Crippen molar-refractivity contribution in [2.75, 3.05) is 6.54 Å². The van der Waals surface area contributed by atoms with Crippen LogP contribution in [0.2, 0.25) is 0 Å². The summed E-state index contributed by atoms with van der Waals surface area (Å²) in [7, 11) is 0. The monoisotopic (exact) mass is 430 g/mol. The summed E-state index contributed by atoms with van der Waals surface area (Å²) in [6.45, 7) is 7.10. The molecule has 32 heavy (non-hydrogen) atoms. The zero-order chi connectivity index (χ0) is 22.9. The van der Waals surface area contributed by atoms with Gasteiger partial charge in [-0.1, -0.05) is 86.1 Å². The molecule has 0 aromatic heterocycles. The Balaban J connectivity index is 1.82. The van der Waals surface area contributed by atoms with E-state index in [0.29, 0.717) is 32.4 Å². The summed E-state index contributed by atoms with van der Waals surface area (Å²) in [4.78, 5) is 28.1. The van der Waals surface area contributed by atoms with E-state index in [0.717, 1.165) is 23.1 Å². The quantitative estimate of drug-likeness (QED) is 0.467. The second kappa shape index (κ2) is 11.5. The number of carbonyl (C=O) groups excluding carboxylic acids is 2. The molecule has 3 rings (SSSR count). The molecule has 168 valence electrons. The molecule has 2 amide bonds. The highest BCUT2D eigenvalue weighted by Gasteiger charge is 2.28. The van der Waals surface area contributed by atoms with Crippen molar-refractivity contribution >= 4 is 22.6 Å². The van der Waals surface area contributed by atoms with Crippen LogP contribution in [0.25, 0.3) is 10.8 Å². The third-order valence-corrected chi connectivity index (χ3v) is 5.86. The standard InChI is InChI=1S/C28H34N2O2/c1-4-18-29-28(32)26(5-2)30(20-22-11-8-10-21(3)19-22)27(31)17-16-24-14-9-13-23-12-6-7-15-25(23)24/h6-15,19,26H,4-5,16-18,20H2,1-3H3,(H,29,32)/t26-/m1/s1. The van der Waals surface area contributed by atoms with Gasteiger partial charge in [-0.15, -0.1) is 0 Å². The summed E-state index contributed by atoms with van der Waals surface area (Å²) in [6.07, 6.45) is 2.48. The molecule has 1 N–H and O–H groups in total. The Kier molecular flexibility index (Phi) is 8.43. The first kappa shape index (κ1) is 23.5. The zero-order valence-corrected chi connectivity index (χ0v) is 19.4. The van der Waals surface area contributed by atoms with Crippen LogP contribution in [0.1, 0.15) is 49.8 Å². The van der Waals surface area contributed by atoms with Crippen molar-refractivity contribution in [1.82, 2.24) is 10.2 Å². The molecule has 3 aromatic rings. The lowest BCUT2D eigenvalue weighted by molar-refractivity contribution is -0.141. The van der Waals surface area contributed by atoms with E-state index < -0.39 is 6.04 Å². The lowest BCUT2D eigenvalue weighted by atomic mass is 10.00. The Hall–Kier alpha value is -3.14. The maximum Gasteiger partial charge on any atom is 0.242 e. The van der Waals surface area contributed by atoms with Crippen molar-refractivity contribution in [3.63, 3.8) is 0 Å². The SMILES string of the molecule is CCCNC(=O)[C@@H](CC)N(Cc1cccc(C)c1)C(=O)CCc1cccc2ccccc12. The number of hydrogen-bond acceptors (Lipinski definition) is 2. The van der Waals surface area contributed by atoms with E-state index in [1.807, 2.05) is 57.2 Å². The van der Waals surface area contributed by atoms with Gasteiger partial charge >= 0.3 is 0 Å². The van der Waals surface area contributed by atoms with Gasteiger partial charge in [-0.05, 0) is 48.1 Å². The third-order valence-electron chi connectivity index (χ3n) is 5.86. The number of benzene rings is 3. The van der Waals surface area contributed by atoms with Gasteiger partial charge in [0.05, 0.1) is 0 Å².